The van der Waals surface area contributed by atoms with Crippen LogP contribution >= 0.6 is 53.1 Å². The second-order valence-corrected chi connectivity index (χ2v) is 11.7. The molecule has 3 N–H and O–H groups in total. The minimum absolute atomic E-state index is 0. The summed E-state index contributed by atoms with van der Waals surface area (Å²) in [7, 11) is 9.25. The molecule has 225 valence electrons. The van der Waals surface area contributed by atoms with Gasteiger partial charge < -0.3 is 10.2 Å². The van der Waals surface area contributed by atoms with Gasteiger partial charge in [-0.1, -0.05) is 43.2 Å². The smallest absolute Gasteiger partial charge is 0.0279 e. The van der Waals surface area contributed by atoms with Gasteiger partial charge in [-0.05, 0) is 48.5 Å². The van der Waals surface area contributed by atoms with Crippen molar-refractivity contribution in [2.24, 2.45) is 0 Å². The van der Waals surface area contributed by atoms with E-state index in [4.69, 9.17) is 21.5 Å². The van der Waals surface area contributed by atoms with E-state index in [0.29, 0.717) is 9.79 Å². The van der Waals surface area contributed by atoms with Crippen LogP contribution in [-0.2, 0) is 0 Å². The predicted octanol–water partition coefficient (Wildman–Crippen LogP) is 7.44. The Balaban J connectivity index is 0. The van der Waals surface area contributed by atoms with Crippen LogP contribution in [0, 0.1) is 25.5 Å². The molecular formula is C24H24BN5O8PS4. The van der Waals surface area contributed by atoms with Gasteiger partial charge in [-0.15, -0.1) is 0 Å². The van der Waals surface area contributed by atoms with Crippen molar-refractivity contribution in [3.05, 3.63) is 117 Å². The first-order valence-electron chi connectivity index (χ1n) is 13.0. The minimum atomic E-state index is -1.45. The van der Waals surface area contributed by atoms with Gasteiger partial charge >= 0.3 is 24.9 Å². The van der Waals surface area contributed by atoms with Crippen molar-refractivity contribution in [1.82, 2.24) is 9.97 Å². The van der Waals surface area contributed by atoms with Gasteiger partial charge in [-0.25, -0.2) is 9.59 Å². The summed E-state index contributed by atoms with van der Waals surface area (Å²) in [6.45, 7) is 0. The molecular weight excluding hydrogens is 656 g/mol. The van der Waals surface area contributed by atoms with E-state index in [9.17, 15) is 29.8 Å². The summed E-state index contributed by atoms with van der Waals surface area (Å²) in [4.78, 5) is 53.4. The van der Waals surface area contributed by atoms with Crippen molar-refractivity contribution in [2.75, 3.05) is 0 Å². The molecule has 4 aromatic rings. The molecule has 4 rings (SSSR count). The van der Waals surface area contributed by atoms with Crippen molar-refractivity contribution in [3.63, 3.8) is 0 Å². The zero-order chi connectivity index (χ0) is 35.1. The fourth-order valence-corrected chi connectivity index (χ4v) is 6.65. The molecule has 0 saturated heterocycles. The Morgan fingerprint density at radius 1 is 0.698 bits per heavy atom. The zero-order valence-electron chi connectivity index (χ0n) is 25.6. The van der Waals surface area contributed by atoms with Crippen LogP contribution in [0.2, 0.25) is 0 Å². The first kappa shape index (κ1) is 33.7. The Labute approximate surface area is 270 Å². The molecule has 1 unspecified atom stereocenters. The minimum Gasteiger partial charge on any atom is -0.265 e. The Hall–Kier alpha value is -3.83. The molecule has 0 fully saturated rings. The maximum absolute atomic E-state index is 11.1. The first-order chi connectivity index (χ1) is 22.2. The van der Waals surface area contributed by atoms with Crippen LogP contribution in [0.1, 0.15) is 26.7 Å². The van der Waals surface area contributed by atoms with Crippen LogP contribution < -0.4 is 0 Å². The monoisotopic (exact) mass is 686 g/mol. The molecule has 2 heterocycles. The number of aromatic nitrogens is 2. The summed E-state index contributed by atoms with van der Waals surface area (Å²) in [6.07, 6.45) is 7.20. The maximum atomic E-state index is 11.1. The largest absolute Gasteiger partial charge is 0.265 e. The van der Waals surface area contributed by atoms with E-state index in [2.05, 4.69) is 17.6 Å². The Kier molecular flexibility index (Phi) is 15.2. The number of aromatic carboxylic acids is 2. The summed E-state index contributed by atoms with van der Waals surface area (Å²) >= 11 is 0. The molecule has 0 aliphatic rings. The van der Waals surface area contributed by atoms with Crippen LogP contribution in [0.4, 0.5) is 11.4 Å². The van der Waals surface area contributed by atoms with E-state index < -0.39 is 44.3 Å². The van der Waals surface area contributed by atoms with Gasteiger partial charge in [-0.3, -0.25) is 30.2 Å². The first-order valence-corrected chi connectivity index (χ1v) is 15.3. The van der Waals surface area contributed by atoms with Crippen molar-refractivity contribution in [1.29, 1.82) is 5.31 Å². The molecule has 2 aromatic heterocycles. The van der Waals surface area contributed by atoms with Crippen molar-refractivity contribution >= 4 is 84.0 Å². The summed E-state index contributed by atoms with van der Waals surface area (Å²) < 4.78 is 20.0. The van der Waals surface area contributed by atoms with Crippen LogP contribution in [-0.4, -0.2) is 49.6 Å². The molecule has 19 heteroatoms. The van der Waals surface area contributed by atoms with Gasteiger partial charge in [0.2, 0.25) is 0 Å². The second-order valence-electron chi connectivity index (χ2n) is 7.18. The van der Waals surface area contributed by atoms with E-state index in [-0.39, 0.29) is 9.90 Å². The average molecular weight is 687 g/mol. The molecule has 1 atom stereocenters. The number of hydrogen-bond acceptors (Lipinski definition) is 13. The molecule has 0 bridgehead atoms. The van der Waals surface area contributed by atoms with Gasteiger partial charge in [0.05, 0.1) is 9.85 Å². The Bertz CT molecular complexity index is 1470. The number of carboxylic acids is 2. The molecule has 0 spiro atoms. The number of benzene rings is 2. The fourth-order valence-electron chi connectivity index (χ4n) is 2.78. The fraction of sp³-hybridized carbons (Fsp3) is 0. The number of rotatable bonds is 10. The third kappa shape index (κ3) is 12.1. The molecule has 43 heavy (non-hydrogen) atoms. The number of nitro groups is 2. The summed E-state index contributed by atoms with van der Waals surface area (Å²) in [6, 6.07) is 15.1. The molecule has 0 saturated carbocycles. The summed E-state index contributed by atoms with van der Waals surface area (Å²) in [5.74, 6) is -2.90. The van der Waals surface area contributed by atoms with Crippen molar-refractivity contribution in [3.8, 4) is 0 Å². The van der Waals surface area contributed by atoms with Crippen LogP contribution in [0.25, 0.3) is 0 Å². The van der Waals surface area contributed by atoms with Gasteiger partial charge in [0.15, 0.2) is 0 Å². The predicted molar refractivity (Wildman–Crippen MR) is 176 cm³/mol. The number of hydrogen-bond donors (Lipinski definition) is 3. The summed E-state index contributed by atoms with van der Waals surface area (Å²) in [5.41, 5.74) is -2.04. The van der Waals surface area contributed by atoms with Gasteiger partial charge in [-0.2, -0.15) is 9.90 Å². The average Bonchev–Trinajstić information content (AvgIpc) is 3.10. The normalized spacial score (nSPS) is 9.93. The standard InChI is InChI=1S/C14H8N2O8S2.C10H8N2S2.BHN.H3P.2H2/c17-13(18)9-5-7(1-3-11(9)15(21)22)25-26-8-2-4-12(16(23)24)10(6-8)14(19)20;1-5-11-6-2-9(1)13-14-10-3-7-12-8-4-10;1-2;;;/h1-6H,(H,17,18)(H,19,20);1-8H;2H;1H3;2*1H/i;;;;2*1+2D. The number of nitrogens with zero attached hydrogens (tertiary/aromatic N) is 4. The third-order valence-electron chi connectivity index (χ3n) is 4.56. The van der Waals surface area contributed by atoms with Crippen LogP contribution in [0.15, 0.2) is 105 Å². The van der Waals surface area contributed by atoms with E-state index in [1.165, 1.54) is 21.9 Å². The Morgan fingerprint density at radius 2 is 1.00 bits per heavy atom. The zero-order valence-corrected chi connectivity index (χ0v) is 26.3. The Morgan fingerprint density at radius 3 is 1.28 bits per heavy atom. The van der Waals surface area contributed by atoms with E-state index >= 15 is 0 Å². The number of pyridine rings is 2. The van der Waals surface area contributed by atoms with Gasteiger partial charge in [0.25, 0.3) is 11.4 Å². The number of nitrogens with one attached hydrogen (secondary N) is 1. The van der Waals surface area contributed by atoms with Crippen LogP contribution in [0.3, 0.4) is 0 Å². The van der Waals surface area contributed by atoms with E-state index in [1.807, 2.05) is 24.3 Å². The van der Waals surface area contributed by atoms with Gasteiger partial charge in [0, 0.05) is 62.4 Å². The van der Waals surface area contributed by atoms with Crippen molar-refractivity contribution < 1.29 is 35.6 Å². The molecule has 0 aliphatic carbocycles. The molecule has 0 amide bonds. The maximum Gasteiger partial charge on any atom is 0.0279 e. The van der Waals surface area contributed by atoms with Crippen molar-refractivity contribution in [2.45, 2.75) is 19.6 Å². The molecule has 0 aliphatic heterocycles. The second kappa shape index (κ2) is 19.4. The number of carbonyl (C=O) groups is 2. The third-order valence-corrected chi connectivity index (χ3v) is 9.36. The van der Waals surface area contributed by atoms with E-state index in [0.717, 1.165) is 45.9 Å². The summed E-state index contributed by atoms with van der Waals surface area (Å²) in [5, 5.41) is 45.0. The number of carboxylic acid groups (broad SMARTS) is 2. The SMILES string of the molecule is O=C(O)c1cc(SSc2ccc([N+](=O)[O-])c(C(=O)O)c2)ccc1[N+](=O)[O-].P.[2H][3H].[2H][3H].[B]=N.c1cc(SSc2ccncc2)ccn1. The van der Waals surface area contributed by atoms with Crippen LogP contribution in [0.5, 0.6) is 0 Å². The van der Waals surface area contributed by atoms with Gasteiger partial charge in [0.1, 0.15) is 11.1 Å². The van der Waals surface area contributed by atoms with E-state index in [1.54, 1.807) is 46.4 Å². The molecule has 1 radical (unpaired) electrons. The number of nitro benzene ring substituents is 2. The molecule has 2 aromatic carbocycles. The molecule has 13 nitrogen and oxygen atoms in total. The quantitative estimate of drug-likeness (QED) is 0.0487. The topological polar surface area (TPSA) is 211 Å².